The number of carbonyl (C=O) groups excluding carboxylic acids is 1. The first kappa shape index (κ1) is 19.4. The van der Waals surface area contributed by atoms with Gasteiger partial charge in [0.15, 0.2) is 4.32 Å². The van der Waals surface area contributed by atoms with Gasteiger partial charge in [0.1, 0.15) is 11.5 Å². The molecule has 1 amide bonds. The number of furan rings is 1. The largest absolute Gasteiger partial charge is 0.457 e. The highest BCUT2D eigenvalue weighted by atomic mass is 35.5. The van der Waals surface area contributed by atoms with E-state index in [1.807, 2.05) is 0 Å². The summed E-state index contributed by atoms with van der Waals surface area (Å²) in [5.74, 6) is 0.659. The molecule has 9 heteroatoms. The molecule has 144 valence electrons. The molecule has 0 saturated carbocycles. The Kier molecular flexibility index (Phi) is 5.23. The van der Waals surface area contributed by atoms with Crippen LogP contribution in [0, 0.1) is 10.1 Å². The monoisotopic (exact) mass is 442 g/mol. The van der Waals surface area contributed by atoms with E-state index in [4.69, 9.17) is 28.2 Å². The van der Waals surface area contributed by atoms with Crippen LogP contribution in [0.2, 0.25) is 5.02 Å². The van der Waals surface area contributed by atoms with E-state index in [2.05, 4.69) is 0 Å². The van der Waals surface area contributed by atoms with Crippen LogP contribution in [0.15, 0.2) is 70.0 Å². The summed E-state index contributed by atoms with van der Waals surface area (Å²) >= 11 is 12.4. The van der Waals surface area contributed by atoms with Crippen molar-refractivity contribution in [1.29, 1.82) is 0 Å². The maximum Gasteiger partial charge on any atom is 0.270 e. The number of carbonyl (C=O) groups is 1. The topological polar surface area (TPSA) is 76.6 Å². The first-order valence-electron chi connectivity index (χ1n) is 8.30. The number of nitrogens with zero attached hydrogens (tertiary/aromatic N) is 2. The van der Waals surface area contributed by atoms with E-state index in [0.717, 1.165) is 0 Å². The summed E-state index contributed by atoms with van der Waals surface area (Å²) in [5, 5.41) is 11.5. The molecule has 0 unspecified atom stereocenters. The Morgan fingerprint density at radius 3 is 2.62 bits per heavy atom. The van der Waals surface area contributed by atoms with Gasteiger partial charge in [0.25, 0.3) is 11.6 Å². The van der Waals surface area contributed by atoms with Crippen LogP contribution in [-0.4, -0.2) is 15.2 Å². The van der Waals surface area contributed by atoms with Crippen molar-refractivity contribution in [1.82, 2.24) is 0 Å². The lowest BCUT2D eigenvalue weighted by molar-refractivity contribution is -0.384. The number of anilines is 1. The Bertz CT molecular complexity index is 1170. The average molecular weight is 443 g/mol. The number of amides is 1. The second-order valence-electron chi connectivity index (χ2n) is 6.00. The minimum absolute atomic E-state index is 0.0238. The summed E-state index contributed by atoms with van der Waals surface area (Å²) in [7, 11) is 0. The Balaban J connectivity index is 1.60. The highest BCUT2D eigenvalue weighted by Crippen LogP contribution is 2.37. The molecule has 2 aromatic carbocycles. The molecule has 1 aromatic heterocycles. The molecule has 29 heavy (non-hydrogen) atoms. The number of thioether (sulfide) groups is 1. The first-order valence-corrected chi connectivity index (χ1v) is 9.91. The number of hydrogen-bond donors (Lipinski definition) is 0. The molecule has 0 radical (unpaired) electrons. The van der Waals surface area contributed by atoms with Crippen LogP contribution in [0.3, 0.4) is 0 Å². The third kappa shape index (κ3) is 3.95. The van der Waals surface area contributed by atoms with Crippen molar-refractivity contribution in [3.63, 3.8) is 0 Å². The van der Waals surface area contributed by atoms with Gasteiger partial charge in [-0.05, 0) is 36.4 Å². The quantitative estimate of drug-likeness (QED) is 0.216. The zero-order valence-corrected chi connectivity index (χ0v) is 17.0. The van der Waals surface area contributed by atoms with Crippen LogP contribution in [0.5, 0.6) is 0 Å². The summed E-state index contributed by atoms with van der Waals surface area (Å²) in [6, 6.07) is 16.4. The van der Waals surface area contributed by atoms with Gasteiger partial charge in [-0.3, -0.25) is 19.8 Å². The SMILES string of the molecule is O=C1/C(=C/c2ccc(-c3cccc([N+](=O)[O-])c3)o2)SC(=S)N1c1ccc(Cl)cc1. The maximum absolute atomic E-state index is 12.8. The van der Waals surface area contributed by atoms with Gasteiger partial charge >= 0.3 is 0 Å². The van der Waals surface area contributed by atoms with Gasteiger partial charge < -0.3 is 4.42 Å². The van der Waals surface area contributed by atoms with Gasteiger partial charge in [0, 0.05) is 28.8 Å². The average Bonchev–Trinajstić information content (AvgIpc) is 3.28. The third-order valence-electron chi connectivity index (χ3n) is 4.12. The molecule has 1 aliphatic heterocycles. The van der Waals surface area contributed by atoms with Crippen molar-refractivity contribution < 1.29 is 14.1 Å². The number of nitro groups is 1. The molecular weight excluding hydrogens is 432 g/mol. The summed E-state index contributed by atoms with van der Waals surface area (Å²) in [6.07, 6.45) is 1.61. The number of benzene rings is 2. The molecule has 0 N–H and O–H groups in total. The van der Waals surface area contributed by atoms with E-state index >= 15 is 0 Å². The summed E-state index contributed by atoms with van der Waals surface area (Å²) < 4.78 is 6.17. The molecule has 0 aliphatic carbocycles. The van der Waals surface area contributed by atoms with Gasteiger partial charge in [-0.1, -0.05) is 47.7 Å². The number of thiocarbonyl (C=S) groups is 1. The van der Waals surface area contributed by atoms with Crippen LogP contribution in [-0.2, 0) is 4.79 Å². The number of non-ortho nitro benzene ring substituents is 1. The van der Waals surface area contributed by atoms with Gasteiger partial charge in [0.05, 0.1) is 15.5 Å². The lowest BCUT2D eigenvalue weighted by Crippen LogP contribution is -2.27. The number of rotatable bonds is 4. The minimum atomic E-state index is -0.463. The van der Waals surface area contributed by atoms with E-state index in [-0.39, 0.29) is 11.6 Å². The van der Waals surface area contributed by atoms with Gasteiger partial charge in [-0.25, -0.2) is 0 Å². The molecule has 4 rings (SSSR count). The summed E-state index contributed by atoms with van der Waals surface area (Å²) in [5.41, 5.74) is 1.19. The molecule has 1 saturated heterocycles. The molecule has 0 bridgehead atoms. The zero-order chi connectivity index (χ0) is 20.5. The number of nitro benzene ring substituents is 1. The van der Waals surface area contributed by atoms with E-state index in [1.54, 1.807) is 54.6 Å². The van der Waals surface area contributed by atoms with Crippen molar-refractivity contribution in [2.24, 2.45) is 0 Å². The summed E-state index contributed by atoms with van der Waals surface area (Å²) in [4.78, 5) is 25.2. The normalized spacial score (nSPS) is 15.3. The Hall–Kier alpha value is -2.94. The van der Waals surface area contributed by atoms with E-state index < -0.39 is 4.92 Å². The second kappa shape index (κ2) is 7.82. The van der Waals surface area contributed by atoms with Crippen molar-refractivity contribution >= 4 is 63.3 Å². The molecule has 1 fully saturated rings. The van der Waals surface area contributed by atoms with Crippen LogP contribution < -0.4 is 4.90 Å². The molecule has 0 spiro atoms. The Labute approximate surface area is 179 Å². The highest BCUT2D eigenvalue weighted by Gasteiger charge is 2.33. The highest BCUT2D eigenvalue weighted by molar-refractivity contribution is 8.27. The molecular formula is C20H11ClN2O4S2. The number of hydrogen-bond acceptors (Lipinski definition) is 6. The van der Waals surface area contributed by atoms with Gasteiger partial charge in [0.2, 0.25) is 0 Å². The lowest BCUT2D eigenvalue weighted by Gasteiger charge is -2.14. The van der Waals surface area contributed by atoms with Crippen LogP contribution in [0.25, 0.3) is 17.4 Å². The zero-order valence-electron chi connectivity index (χ0n) is 14.6. The smallest absolute Gasteiger partial charge is 0.270 e. The van der Waals surface area contributed by atoms with E-state index in [0.29, 0.717) is 37.0 Å². The van der Waals surface area contributed by atoms with Crippen LogP contribution >= 0.6 is 35.6 Å². The minimum Gasteiger partial charge on any atom is -0.457 e. The number of halogens is 1. The summed E-state index contributed by atoms with van der Waals surface area (Å²) in [6.45, 7) is 0. The molecule has 2 heterocycles. The van der Waals surface area contributed by atoms with Crippen molar-refractivity contribution in [2.75, 3.05) is 4.90 Å². The van der Waals surface area contributed by atoms with Crippen LogP contribution in [0.1, 0.15) is 5.76 Å². The fraction of sp³-hybridized carbons (Fsp3) is 0. The third-order valence-corrected chi connectivity index (χ3v) is 5.67. The second-order valence-corrected chi connectivity index (χ2v) is 8.12. The van der Waals surface area contributed by atoms with Gasteiger partial charge in [-0.15, -0.1) is 0 Å². The van der Waals surface area contributed by atoms with Crippen molar-refractivity contribution in [2.45, 2.75) is 0 Å². The van der Waals surface area contributed by atoms with E-state index in [1.165, 1.54) is 28.8 Å². The van der Waals surface area contributed by atoms with E-state index in [9.17, 15) is 14.9 Å². The lowest BCUT2D eigenvalue weighted by atomic mass is 10.1. The fourth-order valence-electron chi connectivity index (χ4n) is 2.77. The molecule has 0 atom stereocenters. The molecule has 3 aromatic rings. The van der Waals surface area contributed by atoms with Crippen molar-refractivity contribution in [3.8, 4) is 11.3 Å². The van der Waals surface area contributed by atoms with Crippen molar-refractivity contribution in [3.05, 3.63) is 86.5 Å². The molecule has 6 nitrogen and oxygen atoms in total. The van der Waals surface area contributed by atoms with Crippen LogP contribution in [0.4, 0.5) is 11.4 Å². The fourth-order valence-corrected chi connectivity index (χ4v) is 4.17. The standard InChI is InChI=1S/C20H11ClN2O4S2/c21-13-4-6-14(7-5-13)22-19(24)18(29-20(22)28)11-16-8-9-17(27-16)12-2-1-3-15(10-12)23(25)26/h1-11H/b18-11-. The first-order chi connectivity index (χ1) is 13.9. The predicted molar refractivity (Wildman–Crippen MR) is 118 cm³/mol. The Morgan fingerprint density at radius 1 is 1.14 bits per heavy atom. The van der Waals surface area contributed by atoms with Gasteiger partial charge in [-0.2, -0.15) is 0 Å². The maximum atomic E-state index is 12.8. The molecule has 1 aliphatic rings. The predicted octanol–water partition coefficient (Wildman–Crippen LogP) is 5.91. The Morgan fingerprint density at radius 2 is 1.90 bits per heavy atom.